The number of piperidine rings is 1. The van der Waals surface area contributed by atoms with Gasteiger partial charge in [0.15, 0.2) is 0 Å². The molecule has 2 heterocycles. The Labute approximate surface area is 187 Å². The molecule has 0 bridgehead atoms. The molecule has 2 fully saturated rings. The second-order valence-corrected chi connectivity index (χ2v) is 9.94. The average Bonchev–Trinajstić information content (AvgIpc) is 3.25. The van der Waals surface area contributed by atoms with Gasteiger partial charge in [0.2, 0.25) is 21.8 Å². The number of hydrogen-bond acceptors (Lipinski definition) is 5. The Morgan fingerprint density at radius 1 is 1.00 bits per heavy atom. The van der Waals surface area contributed by atoms with Gasteiger partial charge in [-0.2, -0.15) is 9.57 Å². The standard InChI is InChI=1S/C23H24N4O4S/c24-16-17-3-9-21(10-4-17)32(30,31)26-14-11-18(12-15-26)23(29)25-19-5-7-20(8-6-19)27-13-1-2-22(27)28/h3-10,18H,1-2,11-15H2,(H,25,29). The molecule has 0 aliphatic carbocycles. The number of carbonyl (C=O) groups is 2. The predicted molar refractivity (Wildman–Crippen MR) is 119 cm³/mol. The molecule has 4 rings (SSSR count). The van der Waals surface area contributed by atoms with Gasteiger partial charge < -0.3 is 10.2 Å². The fourth-order valence-electron chi connectivity index (χ4n) is 4.10. The van der Waals surface area contributed by atoms with Crippen molar-refractivity contribution >= 4 is 33.2 Å². The molecule has 0 unspecified atom stereocenters. The van der Waals surface area contributed by atoms with E-state index in [0.29, 0.717) is 37.1 Å². The molecule has 8 nitrogen and oxygen atoms in total. The van der Waals surface area contributed by atoms with Gasteiger partial charge in [0.25, 0.3) is 0 Å². The van der Waals surface area contributed by atoms with Crippen LogP contribution in [0.4, 0.5) is 11.4 Å². The second kappa shape index (κ2) is 9.10. The van der Waals surface area contributed by atoms with Crippen LogP contribution in [0, 0.1) is 17.2 Å². The third-order valence-corrected chi connectivity index (χ3v) is 7.88. The maximum Gasteiger partial charge on any atom is 0.243 e. The van der Waals surface area contributed by atoms with Crippen molar-refractivity contribution in [1.82, 2.24) is 4.31 Å². The van der Waals surface area contributed by atoms with Crippen LogP contribution in [0.5, 0.6) is 0 Å². The van der Waals surface area contributed by atoms with Crippen LogP contribution in [0.2, 0.25) is 0 Å². The van der Waals surface area contributed by atoms with Crippen molar-refractivity contribution in [3.05, 3.63) is 54.1 Å². The number of nitrogens with one attached hydrogen (secondary N) is 1. The zero-order valence-corrected chi connectivity index (χ0v) is 18.3. The van der Waals surface area contributed by atoms with Crippen LogP contribution in [0.3, 0.4) is 0 Å². The highest BCUT2D eigenvalue weighted by Gasteiger charge is 2.32. The fraction of sp³-hybridized carbons (Fsp3) is 0.348. The molecule has 0 saturated carbocycles. The molecule has 2 saturated heterocycles. The number of hydrogen-bond donors (Lipinski definition) is 1. The first-order chi connectivity index (χ1) is 15.4. The van der Waals surface area contributed by atoms with E-state index in [-0.39, 0.29) is 35.7 Å². The van der Waals surface area contributed by atoms with Gasteiger partial charge >= 0.3 is 0 Å². The fourth-order valence-corrected chi connectivity index (χ4v) is 5.57. The zero-order chi connectivity index (χ0) is 22.7. The van der Waals surface area contributed by atoms with E-state index in [0.717, 1.165) is 12.1 Å². The summed E-state index contributed by atoms with van der Waals surface area (Å²) in [6.07, 6.45) is 2.29. The third-order valence-electron chi connectivity index (χ3n) is 5.97. The van der Waals surface area contributed by atoms with Crippen LogP contribution in [-0.2, 0) is 19.6 Å². The van der Waals surface area contributed by atoms with Crippen molar-refractivity contribution in [2.75, 3.05) is 29.9 Å². The van der Waals surface area contributed by atoms with E-state index in [1.807, 2.05) is 18.2 Å². The first-order valence-corrected chi connectivity index (χ1v) is 12.0. The van der Waals surface area contributed by atoms with Gasteiger partial charge in [-0.25, -0.2) is 8.42 Å². The van der Waals surface area contributed by atoms with Gasteiger partial charge in [-0.1, -0.05) is 0 Å². The Hall–Kier alpha value is -3.22. The number of amides is 2. The molecule has 32 heavy (non-hydrogen) atoms. The van der Waals surface area contributed by atoms with Crippen molar-refractivity contribution in [2.45, 2.75) is 30.6 Å². The summed E-state index contributed by atoms with van der Waals surface area (Å²) in [6.45, 7) is 1.24. The number of carbonyl (C=O) groups excluding carboxylic acids is 2. The van der Waals surface area contributed by atoms with E-state index in [1.54, 1.807) is 17.0 Å². The van der Waals surface area contributed by atoms with Gasteiger partial charge in [-0.05, 0) is 67.8 Å². The van der Waals surface area contributed by atoms with E-state index in [4.69, 9.17) is 5.26 Å². The number of anilines is 2. The minimum absolute atomic E-state index is 0.115. The van der Waals surface area contributed by atoms with Gasteiger partial charge in [-0.15, -0.1) is 0 Å². The molecule has 0 spiro atoms. The van der Waals surface area contributed by atoms with E-state index >= 15 is 0 Å². The monoisotopic (exact) mass is 452 g/mol. The van der Waals surface area contributed by atoms with Gasteiger partial charge in [0, 0.05) is 43.3 Å². The lowest BCUT2D eigenvalue weighted by atomic mass is 9.97. The molecule has 0 aromatic heterocycles. The summed E-state index contributed by atoms with van der Waals surface area (Å²) in [7, 11) is -3.65. The van der Waals surface area contributed by atoms with Crippen LogP contribution >= 0.6 is 0 Å². The quantitative estimate of drug-likeness (QED) is 0.750. The van der Waals surface area contributed by atoms with Gasteiger partial charge in [-0.3, -0.25) is 9.59 Å². The molecule has 1 N–H and O–H groups in total. The van der Waals surface area contributed by atoms with E-state index in [9.17, 15) is 18.0 Å². The summed E-state index contributed by atoms with van der Waals surface area (Å²) in [6, 6.07) is 15.0. The van der Waals surface area contributed by atoms with Crippen LogP contribution in [-0.4, -0.2) is 44.2 Å². The predicted octanol–water partition coefficient (Wildman–Crippen LogP) is 2.72. The maximum absolute atomic E-state index is 12.8. The van der Waals surface area contributed by atoms with Crippen molar-refractivity contribution in [3.63, 3.8) is 0 Å². The lowest BCUT2D eigenvalue weighted by molar-refractivity contribution is -0.121. The Morgan fingerprint density at radius 3 is 2.22 bits per heavy atom. The Morgan fingerprint density at radius 2 is 1.66 bits per heavy atom. The minimum Gasteiger partial charge on any atom is -0.326 e. The lowest BCUT2D eigenvalue weighted by Crippen LogP contribution is -2.41. The Bertz CT molecular complexity index is 1150. The molecular formula is C23H24N4O4S. The molecule has 166 valence electrons. The normalized spacial score (nSPS) is 17.8. The third kappa shape index (κ3) is 4.52. The van der Waals surface area contributed by atoms with Gasteiger partial charge in [0.1, 0.15) is 0 Å². The SMILES string of the molecule is N#Cc1ccc(S(=O)(=O)N2CCC(C(=O)Nc3ccc(N4CCCC4=O)cc3)CC2)cc1. The largest absolute Gasteiger partial charge is 0.326 e. The summed E-state index contributed by atoms with van der Waals surface area (Å²) in [5.41, 5.74) is 1.88. The van der Waals surface area contributed by atoms with Gasteiger partial charge in [0.05, 0.1) is 16.5 Å². The Balaban J connectivity index is 1.33. The number of benzene rings is 2. The molecule has 0 atom stereocenters. The summed E-state index contributed by atoms with van der Waals surface area (Å²) in [5.74, 6) is -0.294. The highest BCUT2D eigenvalue weighted by Crippen LogP contribution is 2.26. The van der Waals surface area contributed by atoms with E-state index in [1.165, 1.54) is 28.6 Å². The molecular weight excluding hydrogens is 428 g/mol. The van der Waals surface area contributed by atoms with Crippen LogP contribution in [0.25, 0.3) is 0 Å². The molecule has 0 radical (unpaired) electrons. The highest BCUT2D eigenvalue weighted by molar-refractivity contribution is 7.89. The molecule has 2 amide bonds. The number of nitriles is 1. The maximum atomic E-state index is 12.8. The van der Waals surface area contributed by atoms with Crippen molar-refractivity contribution in [3.8, 4) is 6.07 Å². The van der Waals surface area contributed by atoms with Crippen molar-refractivity contribution in [2.24, 2.45) is 5.92 Å². The zero-order valence-electron chi connectivity index (χ0n) is 17.5. The summed E-state index contributed by atoms with van der Waals surface area (Å²) in [4.78, 5) is 26.4. The summed E-state index contributed by atoms with van der Waals surface area (Å²) < 4.78 is 27.1. The topological polar surface area (TPSA) is 111 Å². The minimum atomic E-state index is -3.65. The first-order valence-electron chi connectivity index (χ1n) is 10.6. The second-order valence-electron chi connectivity index (χ2n) is 8.00. The van der Waals surface area contributed by atoms with Crippen molar-refractivity contribution in [1.29, 1.82) is 5.26 Å². The summed E-state index contributed by atoms with van der Waals surface area (Å²) in [5, 5.41) is 11.8. The number of nitrogens with zero attached hydrogens (tertiary/aromatic N) is 3. The highest BCUT2D eigenvalue weighted by atomic mass is 32.2. The number of rotatable bonds is 5. The molecule has 2 aliphatic rings. The van der Waals surface area contributed by atoms with Crippen molar-refractivity contribution < 1.29 is 18.0 Å². The lowest BCUT2D eigenvalue weighted by Gasteiger charge is -2.30. The number of sulfonamides is 1. The molecule has 2 aromatic rings. The van der Waals surface area contributed by atoms with E-state index < -0.39 is 10.0 Å². The summed E-state index contributed by atoms with van der Waals surface area (Å²) >= 11 is 0. The van der Waals surface area contributed by atoms with E-state index in [2.05, 4.69) is 5.32 Å². The smallest absolute Gasteiger partial charge is 0.243 e. The molecule has 9 heteroatoms. The first kappa shape index (κ1) is 22.0. The van der Waals surface area contributed by atoms with Crippen LogP contribution in [0.1, 0.15) is 31.2 Å². The average molecular weight is 453 g/mol. The van der Waals surface area contributed by atoms with Crippen LogP contribution < -0.4 is 10.2 Å². The Kier molecular flexibility index (Phi) is 6.26. The molecule has 2 aromatic carbocycles. The molecule has 2 aliphatic heterocycles. The van der Waals surface area contributed by atoms with Crippen LogP contribution in [0.15, 0.2) is 53.4 Å².